The average molecular weight is 497 g/mol. The van der Waals surface area contributed by atoms with Crippen molar-refractivity contribution >= 4 is 29.7 Å². The van der Waals surface area contributed by atoms with Crippen molar-refractivity contribution in [2.45, 2.75) is 70.6 Å². The first-order valence-corrected chi connectivity index (χ1v) is 13.8. The molecule has 4 N–H and O–H groups in total. The largest absolute Gasteiger partial charge is 0.348 e. The molecule has 0 saturated heterocycles. The van der Waals surface area contributed by atoms with Gasteiger partial charge >= 0.3 is 6.03 Å². The first-order chi connectivity index (χ1) is 16.9. The molecule has 0 radical (unpaired) electrons. The number of anilines is 1. The minimum absolute atomic E-state index is 0.0579. The first kappa shape index (κ1) is 24.1. The van der Waals surface area contributed by atoms with Crippen LogP contribution in [0.1, 0.15) is 61.3 Å². The number of guanidine groups is 1. The normalized spacial score (nSPS) is 27.2. The third-order valence-corrected chi connectivity index (χ3v) is 8.49. The Morgan fingerprint density at radius 3 is 2.37 bits per heavy atom. The van der Waals surface area contributed by atoms with E-state index < -0.39 is 0 Å². The van der Waals surface area contributed by atoms with E-state index in [1.807, 2.05) is 26.8 Å². The molecular weight excluding hydrogens is 460 g/mol. The Morgan fingerprint density at radius 2 is 1.77 bits per heavy atom. The number of rotatable bonds is 7. The first-order valence-electron chi connectivity index (χ1n) is 12.7. The van der Waals surface area contributed by atoms with Crippen LogP contribution < -0.4 is 16.0 Å². The summed E-state index contributed by atoms with van der Waals surface area (Å²) >= 11 is 1.76. The number of thioether (sulfide) groups is 1. The van der Waals surface area contributed by atoms with Gasteiger partial charge in [-0.05, 0) is 83.1 Å². The smallest absolute Gasteiger partial charge is 0.321 e. The van der Waals surface area contributed by atoms with Gasteiger partial charge in [0, 0.05) is 34.1 Å². The number of aryl methyl sites for hydroxylation is 3. The maximum absolute atomic E-state index is 13.1. The van der Waals surface area contributed by atoms with Crippen LogP contribution in [0, 0.1) is 38.5 Å². The molecule has 0 aromatic carbocycles. The van der Waals surface area contributed by atoms with Crippen molar-refractivity contribution in [2.75, 3.05) is 17.6 Å². The van der Waals surface area contributed by atoms with Gasteiger partial charge in [-0.25, -0.2) is 19.7 Å². The topological polar surface area (TPSA) is 120 Å². The van der Waals surface area contributed by atoms with Crippen molar-refractivity contribution in [1.82, 2.24) is 30.6 Å². The number of H-pyrrole nitrogens is 1. The van der Waals surface area contributed by atoms with Crippen molar-refractivity contribution in [3.63, 3.8) is 0 Å². The lowest BCUT2D eigenvalue weighted by molar-refractivity contribution is -0.0132. The molecule has 4 aliphatic rings. The van der Waals surface area contributed by atoms with Crippen molar-refractivity contribution in [3.05, 3.63) is 35.2 Å². The molecule has 2 aromatic heterocycles. The van der Waals surface area contributed by atoms with Crippen LogP contribution in [-0.4, -0.2) is 49.8 Å². The highest BCUT2D eigenvalue weighted by molar-refractivity contribution is 7.98. The van der Waals surface area contributed by atoms with E-state index >= 15 is 0 Å². The van der Waals surface area contributed by atoms with Gasteiger partial charge in [0.1, 0.15) is 0 Å². The van der Waals surface area contributed by atoms with E-state index in [1.54, 1.807) is 18.1 Å². The highest BCUT2D eigenvalue weighted by Gasteiger charge is 2.51. The third kappa shape index (κ3) is 5.97. The maximum Gasteiger partial charge on any atom is 0.321 e. The number of amides is 2. The van der Waals surface area contributed by atoms with Crippen LogP contribution in [0.4, 0.5) is 10.7 Å². The summed E-state index contributed by atoms with van der Waals surface area (Å²) < 4.78 is 0. The molecule has 10 heteroatoms. The highest BCUT2D eigenvalue weighted by atomic mass is 32.2. The molecule has 4 bridgehead atoms. The van der Waals surface area contributed by atoms with Gasteiger partial charge in [-0.1, -0.05) is 0 Å². The van der Waals surface area contributed by atoms with E-state index in [4.69, 9.17) is 0 Å². The van der Waals surface area contributed by atoms with E-state index in [0.717, 1.165) is 71.3 Å². The van der Waals surface area contributed by atoms with Gasteiger partial charge in [0.2, 0.25) is 11.9 Å². The van der Waals surface area contributed by atoms with Gasteiger partial charge < -0.3 is 10.3 Å². The highest BCUT2D eigenvalue weighted by Crippen LogP contribution is 2.55. The number of hydrogen-bond acceptors (Lipinski definition) is 6. The van der Waals surface area contributed by atoms with Crippen LogP contribution in [0.2, 0.25) is 0 Å². The lowest BCUT2D eigenvalue weighted by Gasteiger charge is -2.56. The van der Waals surface area contributed by atoms with Crippen molar-refractivity contribution < 1.29 is 4.79 Å². The molecule has 4 saturated carbocycles. The lowest BCUT2D eigenvalue weighted by Crippen LogP contribution is -2.62. The molecule has 2 heterocycles. The molecule has 35 heavy (non-hydrogen) atoms. The predicted octanol–water partition coefficient (Wildman–Crippen LogP) is 4.09. The molecule has 4 fully saturated rings. The lowest BCUT2D eigenvalue weighted by atomic mass is 9.53. The van der Waals surface area contributed by atoms with E-state index in [1.165, 1.54) is 19.3 Å². The summed E-state index contributed by atoms with van der Waals surface area (Å²) in [7, 11) is 0. The number of imidazole rings is 1. The second-order valence-corrected chi connectivity index (χ2v) is 11.7. The number of carbonyl (C=O) groups is 1. The second-order valence-electron chi connectivity index (χ2n) is 10.6. The standard InChI is InChI=1S/C25H36N8OS/c1-15-6-16(2)30-23(29-15)31-22(26-4-5-35-13-21-17(3)27-14-28-21)32-24(34)33-25-10-18-7-19(11-25)9-20(8-18)12-25/h6,14,18-20H,4-5,7-13H2,1-3H3,(H,27,28)(H3,26,29,30,31,32,33,34). The minimum atomic E-state index is -0.192. The van der Waals surface area contributed by atoms with Gasteiger partial charge in [-0.15, -0.1) is 0 Å². The molecule has 9 nitrogen and oxygen atoms in total. The van der Waals surface area contributed by atoms with Crippen LogP contribution in [0.3, 0.4) is 0 Å². The number of hydrogen-bond donors (Lipinski definition) is 4. The molecule has 188 valence electrons. The average Bonchev–Trinajstić information content (AvgIpc) is 3.16. The summed E-state index contributed by atoms with van der Waals surface area (Å²) in [5.41, 5.74) is 3.83. The fourth-order valence-electron chi connectivity index (χ4n) is 6.56. The summed E-state index contributed by atoms with van der Waals surface area (Å²) in [5.74, 6) is 4.77. The number of urea groups is 1. The van der Waals surface area contributed by atoms with Crippen molar-refractivity contribution in [2.24, 2.45) is 22.7 Å². The molecule has 2 aromatic rings. The predicted molar refractivity (Wildman–Crippen MR) is 139 cm³/mol. The Kier molecular flexibility index (Phi) is 7.00. The summed E-state index contributed by atoms with van der Waals surface area (Å²) in [4.78, 5) is 34.2. The second kappa shape index (κ2) is 10.2. The fraction of sp³-hybridized carbons (Fsp3) is 0.640. The van der Waals surface area contributed by atoms with Gasteiger partial charge in [0.25, 0.3) is 0 Å². The van der Waals surface area contributed by atoms with Crippen LogP contribution in [-0.2, 0) is 5.75 Å². The molecule has 0 spiro atoms. The summed E-state index contributed by atoms with van der Waals surface area (Å²) in [6.45, 7) is 6.44. The SMILES string of the molecule is Cc1cc(C)nc(NC(=NCCSCc2nc[nH]c2C)NC(=O)NC23CC4CC(CC(C4)C2)C3)n1. The maximum atomic E-state index is 13.1. The monoisotopic (exact) mass is 496 g/mol. The van der Waals surface area contributed by atoms with Gasteiger partial charge in [-0.2, -0.15) is 11.8 Å². The van der Waals surface area contributed by atoms with Crippen molar-refractivity contribution in [1.29, 1.82) is 0 Å². The van der Waals surface area contributed by atoms with Crippen LogP contribution in [0.25, 0.3) is 0 Å². The van der Waals surface area contributed by atoms with Gasteiger partial charge in [-0.3, -0.25) is 15.6 Å². The zero-order valence-electron chi connectivity index (χ0n) is 20.9. The number of aromatic amines is 1. The molecular formula is C25H36N8OS. The van der Waals surface area contributed by atoms with Crippen molar-refractivity contribution in [3.8, 4) is 0 Å². The zero-order chi connectivity index (χ0) is 24.4. The quantitative estimate of drug-likeness (QED) is 0.260. The fourth-order valence-corrected chi connectivity index (χ4v) is 7.41. The van der Waals surface area contributed by atoms with E-state index in [0.29, 0.717) is 18.5 Å². The van der Waals surface area contributed by atoms with E-state index in [9.17, 15) is 4.79 Å². The molecule has 2 amide bonds. The van der Waals surface area contributed by atoms with E-state index in [-0.39, 0.29) is 11.6 Å². The number of aliphatic imine (C=N–C) groups is 1. The van der Waals surface area contributed by atoms with Gasteiger partial charge in [0.05, 0.1) is 18.6 Å². The summed E-state index contributed by atoms with van der Waals surface area (Å²) in [6, 6.07) is 1.73. The summed E-state index contributed by atoms with van der Waals surface area (Å²) in [5, 5.41) is 9.48. The number of nitrogens with zero attached hydrogens (tertiary/aromatic N) is 4. The molecule has 0 unspecified atom stereocenters. The van der Waals surface area contributed by atoms with Crippen LogP contribution in [0.5, 0.6) is 0 Å². The van der Waals surface area contributed by atoms with Crippen LogP contribution in [0.15, 0.2) is 17.4 Å². The van der Waals surface area contributed by atoms with Crippen LogP contribution >= 0.6 is 11.8 Å². The molecule has 6 rings (SSSR count). The molecule has 0 atom stereocenters. The van der Waals surface area contributed by atoms with E-state index in [2.05, 4.69) is 40.9 Å². The Bertz CT molecular complexity index is 1040. The molecule has 4 aliphatic carbocycles. The molecule has 0 aliphatic heterocycles. The Morgan fingerprint density at radius 1 is 1.11 bits per heavy atom. The summed E-state index contributed by atoms with van der Waals surface area (Å²) in [6.07, 6.45) is 9.08. The Balaban J connectivity index is 1.22. The number of nitrogens with one attached hydrogen (secondary N) is 4. The van der Waals surface area contributed by atoms with Gasteiger partial charge in [0.15, 0.2) is 0 Å². The number of aromatic nitrogens is 4. The third-order valence-electron chi connectivity index (χ3n) is 7.54. The zero-order valence-corrected chi connectivity index (χ0v) is 21.7. The minimum Gasteiger partial charge on any atom is -0.348 e. The Hall–Kier alpha value is -2.62. The Labute approximate surface area is 211 Å². The number of carbonyl (C=O) groups excluding carboxylic acids is 1.